The second kappa shape index (κ2) is 5.26. The smallest absolute Gasteiger partial charge is 0.435 e. The molecule has 1 N–H and O–H groups in total. The highest BCUT2D eigenvalue weighted by molar-refractivity contribution is 5.75. The molecule has 0 radical (unpaired) electrons. The Morgan fingerprint density at radius 1 is 1.47 bits per heavy atom. The second-order valence-corrected chi connectivity index (χ2v) is 4.99. The van der Waals surface area contributed by atoms with Crippen molar-refractivity contribution in [2.75, 3.05) is 6.79 Å². The van der Waals surface area contributed by atoms with Gasteiger partial charge in [0.25, 0.3) is 5.79 Å². The van der Waals surface area contributed by atoms with Crippen molar-refractivity contribution in [3.8, 4) is 0 Å². The SMILES string of the molecule is CCC(C)(C)C(=O)OC1CC(O)(C(F)(F)F)OCO1. The molecule has 8 heteroatoms. The van der Waals surface area contributed by atoms with Gasteiger partial charge in [-0.05, 0) is 20.3 Å². The number of hydrogen-bond acceptors (Lipinski definition) is 5. The Morgan fingerprint density at radius 3 is 2.53 bits per heavy atom. The second-order valence-electron chi connectivity index (χ2n) is 4.99. The maximum absolute atomic E-state index is 12.6. The zero-order valence-electron chi connectivity index (χ0n) is 10.9. The van der Waals surface area contributed by atoms with Crippen LogP contribution in [0.2, 0.25) is 0 Å². The van der Waals surface area contributed by atoms with E-state index in [4.69, 9.17) is 9.47 Å². The van der Waals surface area contributed by atoms with E-state index in [0.717, 1.165) is 0 Å². The van der Waals surface area contributed by atoms with Gasteiger partial charge >= 0.3 is 12.1 Å². The molecular formula is C11H17F3O5. The molecule has 1 saturated heterocycles. The number of ether oxygens (including phenoxy) is 3. The minimum atomic E-state index is -4.98. The van der Waals surface area contributed by atoms with Crippen LogP contribution in [0.3, 0.4) is 0 Å². The molecule has 1 fully saturated rings. The minimum absolute atomic E-state index is 0.457. The molecule has 1 rings (SSSR count). The van der Waals surface area contributed by atoms with E-state index in [2.05, 4.69) is 4.74 Å². The predicted octanol–water partition coefficient (Wildman–Crippen LogP) is 1.94. The normalized spacial score (nSPS) is 29.1. The third-order valence-electron chi connectivity index (χ3n) is 3.11. The van der Waals surface area contributed by atoms with Gasteiger partial charge in [0, 0.05) is 0 Å². The van der Waals surface area contributed by atoms with Crippen LogP contribution in [0.5, 0.6) is 0 Å². The fourth-order valence-electron chi connectivity index (χ4n) is 1.25. The van der Waals surface area contributed by atoms with Crippen LogP contribution < -0.4 is 0 Å². The number of hydrogen-bond donors (Lipinski definition) is 1. The number of rotatable bonds is 3. The van der Waals surface area contributed by atoms with Gasteiger partial charge in [-0.25, -0.2) is 0 Å². The molecule has 1 aliphatic rings. The molecule has 0 aromatic carbocycles. The van der Waals surface area contributed by atoms with Gasteiger partial charge in [0.1, 0.15) is 0 Å². The summed E-state index contributed by atoms with van der Waals surface area (Å²) in [5, 5.41) is 9.33. The van der Waals surface area contributed by atoms with E-state index in [9.17, 15) is 23.1 Å². The zero-order valence-corrected chi connectivity index (χ0v) is 10.9. The summed E-state index contributed by atoms with van der Waals surface area (Å²) in [6, 6.07) is 0. The highest BCUT2D eigenvalue weighted by Gasteiger charge is 2.59. The Kier molecular flexibility index (Phi) is 4.48. The summed E-state index contributed by atoms with van der Waals surface area (Å²) in [5.41, 5.74) is -0.835. The van der Waals surface area contributed by atoms with Gasteiger partial charge < -0.3 is 19.3 Å². The van der Waals surface area contributed by atoms with Crippen molar-refractivity contribution in [2.45, 2.75) is 51.9 Å². The molecule has 1 aliphatic heterocycles. The summed E-state index contributed by atoms with van der Waals surface area (Å²) in [6.07, 6.45) is -7.03. The van der Waals surface area contributed by atoms with Gasteiger partial charge in [-0.15, -0.1) is 0 Å². The molecule has 0 amide bonds. The van der Waals surface area contributed by atoms with Crippen molar-refractivity contribution in [1.82, 2.24) is 0 Å². The van der Waals surface area contributed by atoms with Crippen molar-refractivity contribution in [2.24, 2.45) is 5.41 Å². The number of carbonyl (C=O) groups is 1. The molecule has 0 saturated carbocycles. The maximum atomic E-state index is 12.6. The molecule has 0 aromatic rings. The van der Waals surface area contributed by atoms with Crippen molar-refractivity contribution >= 4 is 5.97 Å². The molecule has 2 unspecified atom stereocenters. The van der Waals surface area contributed by atoms with Crippen LogP contribution in [-0.4, -0.2) is 36.1 Å². The van der Waals surface area contributed by atoms with Gasteiger partial charge in [-0.1, -0.05) is 6.92 Å². The van der Waals surface area contributed by atoms with Crippen LogP contribution in [0.4, 0.5) is 13.2 Å². The number of halogens is 3. The van der Waals surface area contributed by atoms with E-state index in [1.165, 1.54) is 0 Å². The Balaban J connectivity index is 2.69. The van der Waals surface area contributed by atoms with E-state index < -0.39 is 42.9 Å². The van der Waals surface area contributed by atoms with Gasteiger partial charge in [0.05, 0.1) is 11.8 Å². The van der Waals surface area contributed by atoms with Crippen LogP contribution in [-0.2, 0) is 19.0 Å². The topological polar surface area (TPSA) is 65.0 Å². The van der Waals surface area contributed by atoms with Gasteiger partial charge in [-0.2, -0.15) is 13.2 Å². The first-order valence-electron chi connectivity index (χ1n) is 5.77. The summed E-state index contributed by atoms with van der Waals surface area (Å²) in [6.45, 7) is 4.15. The van der Waals surface area contributed by atoms with E-state index >= 15 is 0 Å². The van der Waals surface area contributed by atoms with Crippen molar-refractivity contribution in [3.63, 3.8) is 0 Å². The molecule has 0 spiro atoms. The highest BCUT2D eigenvalue weighted by atomic mass is 19.4. The Hall–Kier alpha value is -0.860. The number of aliphatic hydroxyl groups is 1. The number of carbonyl (C=O) groups excluding carboxylic acids is 1. The molecule has 0 aliphatic carbocycles. The van der Waals surface area contributed by atoms with Crippen LogP contribution >= 0.6 is 0 Å². The first kappa shape index (κ1) is 16.2. The quantitative estimate of drug-likeness (QED) is 0.803. The lowest BCUT2D eigenvalue weighted by molar-refractivity contribution is -0.427. The molecular weight excluding hydrogens is 269 g/mol. The molecule has 19 heavy (non-hydrogen) atoms. The lowest BCUT2D eigenvalue weighted by atomic mass is 9.91. The summed E-state index contributed by atoms with van der Waals surface area (Å²) < 4.78 is 51.5. The Morgan fingerprint density at radius 2 is 2.05 bits per heavy atom. The zero-order chi connectivity index (χ0) is 14.9. The monoisotopic (exact) mass is 286 g/mol. The summed E-state index contributed by atoms with van der Waals surface area (Å²) in [7, 11) is 0. The summed E-state index contributed by atoms with van der Waals surface area (Å²) >= 11 is 0. The molecule has 0 bridgehead atoms. The van der Waals surface area contributed by atoms with Gasteiger partial charge in [-0.3, -0.25) is 4.79 Å². The van der Waals surface area contributed by atoms with Gasteiger partial charge in [0.2, 0.25) is 6.29 Å². The van der Waals surface area contributed by atoms with Crippen LogP contribution in [0.25, 0.3) is 0 Å². The fourth-order valence-corrected chi connectivity index (χ4v) is 1.25. The van der Waals surface area contributed by atoms with Crippen LogP contribution in [0.15, 0.2) is 0 Å². The Bertz CT molecular complexity index is 342. The van der Waals surface area contributed by atoms with E-state index in [1.807, 2.05) is 0 Å². The summed E-state index contributed by atoms with van der Waals surface area (Å²) in [4.78, 5) is 11.7. The minimum Gasteiger partial charge on any atom is -0.435 e. The van der Waals surface area contributed by atoms with Crippen molar-refractivity contribution < 1.29 is 37.3 Å². The number of alkyl halides is 3. The average molecular weight is 286 g/mol. The third-order valence-corrected chi connectivity index (χ3v) is 3.11. The molecule has 0 aromatic heterocycles. The standard InChI is InChI=1S/C11H17F3O5/c1-4-9(2,3)8(15)19-7-5-10(16,11(12,13)14)18-6-17-7/h7,16H,4-6H2,1-3H3. The number of esters is 1. The fraction of sp³-hybridized carbons (Fsp3) is 0.909. The molecule has 5 nitrogen and oxygen atoms in total. The third kappa shape index (κ3) is 3.58. The van der Waals surface area contributed by atoms with Gasteiger partial charge in [0.15, 0.2) is 6.79 Å². The first-order chi connectivity index (χ1) is 8.52. The largest absolute Gasteiger partial charge is 0.443 e. The highest BCUT2D eigenvalue weighted by Crippen LogP contribution is 2.38. The average Bonchev–Trinajstić information content (AvgIpc) is 2.27. The Labute approximate surface area is 108 Å². The molecule has 1 heterocycles. The first-order valence-corrected chi connectivity index (χ1v) is 5.77. The molecule has 2 atom stereocenters. The van der Waals surface area contributed by atoms with E-state index in [0.29, 0.717) is 6.42 Å². The molecule has 112 valence electrons. The van der Waals surface area contributed by atoms with Crippen molar-refractivity contribution in [1.29, 1.82) is 0 Å². The van der Waals surface area contributed by atoms with E-state index in [-0.39, 0.29) is 0 Å². The van der Waals surface area contributed by atoms with E-state index in [1.54, 1.807) is 20.8 Å². The maximum Gasteiger partial charge on any atom is 0.443 e. The lowest BCUT2D eigenvalue weighted by Crippen LogP contribution is -2.54. The lowest BCUT2D eigenvalue weighted by Gasteiger charge is -2.37. The van der Waals surface area contributed by atoms with Crippen LogP contribution in [0, 0.1) is 5.41 Å². The predicted molar refractivity (Wildman–Crippen MR) is 56.6 cm³/mol. The van der Waals surface area contributed by atoms with Crippen molar-refractivity contribution in [3.05, 3.63) is 0 Å². The summed E-state index contributed by atoms with van der Waals surface area (Å²) in [5.74, 6) is -4.04. The van der Waals surface area contributed by atoms with Crippen LogP contribution in [0.1, 0.15) is 33.6 Å².